The average molecular weight is 386 g/mol. The third kappa shape index (κ3) is 3.83. The highest BCUT2D eigenvalue weighted by Crippen LogP contribution is 2.36. The third-order valence-corrected chi connectivity index (χ3v) is 5.54. The van der Waals surface area contributed by atoms with Gasteiger partial charge >= 0.3 is 0 Å². The van der Waals surface area contributed by atoms with E-state index >= 15 is 0 Å². The summed E-state index contributed by atoms with van der Waals surface area (Å²) in [5, 5.41) is 0.486. The van der Waals surface area contributed by atoms with Gasteiger partial charge in [-0.05, 0) is 46.7 Å². The fraction of sp³-hybridized carbons (Fsp3) is 0.333. The first-order chi connectivity index (χ1) is 9.85. The van der Waals surface area contributed by atoms with E-state index in [-0.39, 0.29) is 10.8 Å². The lowest BCUT2D eigenvalue weighted by molar-refractivity contribution is 0.506. The van der Waals surface area contributed by atoms with Crippen molar-refractivity contribution in [2.75, 3.05) is 0 Å². The lowest BCUT2D eigenvalue weighted by atomic mass is 9.82. The van der Waals surface area contributed by atoms with E-state index in [0.29, 0.717) is 5.02 Å². The minimum Gasteiger partial charge on any atom is -0.113 e. The topological polar surface area (TPSA) is 0 Å². The van der Waals surface area contributed by atoms with Gasteiger partial charge in [0.1, 0.15) is 0 Å². The number of hydrogen-bond donors (Lipinski definition) is 0. The van der Waals surface area contributed by atoms with E-state index in [9.17, 15) is 0 Å². The quantitative estimate of drug-likeness (QED) is 0.491. The maximum atomic E-state index is 6.62. The molecule has 21 heavy (non-hydrogen) atoms. The molecule has 0 aliphatic heterocycles. The Labute approximate surface area is 145 Å². The molecule has 112 valence electrons. The molecule has 1 atom stereocenters. The minimum absolute atomic E-state index is 0.191. The molecule has 0 N–H and O–H groups in total. The van der Waals surface area contributed by atoms with Crippen LogP contribution in [0.5, 0.6) is 0 Å². The van der Waals surface area contributed by atoms with Gasteiger partial charge < -0.3 is 0 Å². The zero-order valence-corrected chi connectivity index (χ0v) is 15.6. The van der Waals surface area contributed by atoms with E-state index in [1.807, 2.05) is 18.2 Å². The molecule has 0 aliphatic rings. The first-order valence-corrected chi connectivity index (χ1v) is 8.65. The molecule has 0 amide bonds. The van der Waals surface area contributed by atoms with Gasteiger partial charge in [0, 0.05) is 9.50 Å². The van der Waals surface area contributed by atoms with Crippen molar-refractivity contribution in [1.82, 2.24) is 0 Å². The first-order valence-electron chi connectivity index (χ1n) is 7.04. The predicted molar refractivity (Wildman–Crippen MR) is 96.6 cm³/mol. The maximum Gasteiger partial charge on any atom is 0.0846 e. The fourth-order valence-corrected chi connectivity index (χ4v) is 3.31. The van der Waals surface area contributed by atoms with Crippen LogP contribution in [0.2, 0.25) is 5.02 Å². The second kappa shape index (κ2) is 6.73. The normalized spacial score (nSPS) is 13.2. The Morgan fingerprint density at radius 2 is 1.71 bits per heavy atom. The van der Waals surface area contributed by atoms with Crippen molar-refractivity contribution in [2.45, 2.75) is 38.0 Å². The number of benzene rings is 2. The molecule has 0 radical (unpaired) electrons. The zero-order valence-electron chi connectivity index (χ0n) is 12.5. The Kier molecular flexibility index (Phi) is 5.40. The van der Waals surface area contributed by atoms with Crippen LogP contribution in [0.1, 0.15) is 49.3 Å². The molecule has 0 aliphatic carbocycles. The number of alkyl halides is 1. The monoisotopic (exact) mass is 384 g/mol. The highest BCUT2D eigenvalue weighted by molar-refractivity contribution is 9.10. The summed E-state index contributed by atoms with van der Waals surface area (Å²) >= 11 is 16.2. The van der Waals surface area contributed by atoms with Gasteiger partial charge in [0.15, 0.2) is 0 Å². The summed E-state index contributed by atoms with van der Waals surface area (Å²) in [6.45, 7) is 6.73. The van der Waals surface area contributed by atoms with Gasteiger partial charge in [-0.15, -0.1) is 11.6 Å². The Bertz CT molecular complexity index is 618. The van der Waals surface area contributed by atoms with E-state index < -0.39 is 0 Å². The van der Waals surface area contributed by atoms with Crippen molar-refractivity contribution in [3.05, 3.63) is 68.7 Å². The van der Waals surface area contributed by atoms with Crippen LogP contribution >= 0.6 is 39.1 Å². The van der Waals surface area contributed by atoms with Crippen LogP contribution in [-0.2, 0) is 5.41 Å². The molecule has 2 aromatic carbocycles. The molecule has 0 saturated heterocycles. The standard InChI is InChI=1S/C18H19BrCl2/c1-4-18(2,3)13-7-5-12(6-8-13)17(21)15-11-14(20)9-10-16(15)19/h5-11,17H,4H2,1-3H3. The van der Waals surface area contributed by atoms with Crippen molar-refractivity contribution in [3.63, 3.8) is 0 Å². The lowest BCUT2D eigenvalue weighted by Crippen LogP contribution is -2.15. The van der Waals surface area contributed by atoms with Crippen LogP contribution in [0.3, 0.4) is 0 Å². The summed E-state index contributed by atoms with van der Waals surface area (Å²) in [4.78, 5) is 0. The zero-order chi connectivity index (χ0) is 15.6. The van der Waals surface area contributed by atoms with E-state index in [0.717, 1.165) is 22.0 Å². The smallest absolute Gasteiger partial charge is 0.0846 e. The van der Waals surface area contributed by atoms with Gasteiger partial charge in [-0.25, -0.2) is 0 Å². The summed E-state index contributed by atoms with van der Waals surface area (Å²) in [5.41, 5.74) is 3.60. The van der Waals surface area contributed by atoms with Crippen molar-refractivity contribution < 1.29 is 0 Å². The van der Waals surface area contributed by atoms with Crippen molar-refractivity contribution in [1.29, 1.82) is 0 Å². The predicted octanol–water partition coefficient (Wildman–Crippen LogP) is 7.12. The molecule has 2 rings (SSSR count). The fourth-order valence-electron chi connectivity index (χ4n) is 2.20. The number of halogens is 3. The van der Waals surface area contributed by atoms with Gasteiger partial charge in [0.05, 0.1) is 5.38 Å². The highest BCUT2D eigenvalue weighted by atomic mass is 79.9. The molecule has 0 fully saturated rings. The van der Waals surface area contributed by atoms with Crippen LogP contribution in [0.25, 0.3) is 0 Å². The average Bonchev–Trinajstić information content (AvgIpc) is 2.49. The highest BCUT2D eigenvalue weighted by Gasteiger charge is 2.19. The molecule has 0 heterocycles. The summed E-state index contributed by atoms with van der Waals surface area (Å²) in [6, 6.07) is 14.3. The van der Waals surface area contributed by atoms with Gasteiger partial charge in [0.2, 0.25) is 0 Å². The van der Waals surface area contributed by atoms with E-state index in [4.69, 9.17) is 23.2 Å². The summed E-state index contributed by atoms with van der Waals surface area (Å²) < 4.78 is 0.977. The molecule has 0 nitrogen and oxygen atoms in total. The number of rotatable bonds is 4. The molecule has 0 bridgehead atoms. The lowest BCUT2D eigenvalue weighted by Gasteiger charge is -2.24. The van der Waals surface area contributed by atoms with Gasteiger partial charge in [-0.3, -0.25) is 0 Å². The number of hydrogen-bond acceptors (Lipinski definition) is 0. The minimum atomic E-state index is -0.211. The Balaban J connectivity index is 2.32. The van der Waals surface area contributed by atoms with Crippen molar-refractivity contribution >= 4 is 39.1 Å². The van der Waals surface area contributed by atoms with Crippen LogP contribution in [0.4, 0.5) is 0 Å². The molecule has 0 saturated carbocycles. The van der Waals surface area contributed by atoms with E-state index in [2.05, 4.69) is 61.0 Å². The van der Waals surface area contributed by atoms with E-state index in [1.165, 1.54) is 5.56 Å². The first kappa shape index (κ1) is 16.9. The maximum absolute atomic E-state index is 6.62. The summed E-state index contributed by atoms with van der Waals surface area (Å²) in [7, 11) is 0. The Hall–Kier alpha value is -0.500. The second-order valence-electron chi connectivity index (χ2n) is 5.89. The van der Waals surface area contributed by atoms with Crippen molar-refractivity contribution in [2.24, 2.45) is 0 Å². The van der Waals surface area contributed by atoms with E-state index in [1.54, 1.807) is 0 Å². The van der Waals surface area contributed by atoms with Crippen LogP contribution in [0, 0.1) is 0 Å². The van der Waals surface area contributed by atoms with Gasteiger partial charge in [-0.2, -0.15) is 0 Å². The summed E-state index contributed by atoms with van der Waals surface area (Å²) in [5.74, 6) is 0. The molecular weight excluding hydrogens is 367 g/mol. The van der Waals surface area contributed by atoms with Gasteiger partial charge in [-0.1, -0.05) is 72.6 Å². The van der Waals surface area contributed by atoms with Crippen LogP contribution in [0.15, 0.2) is 46.9 Å². The molecule has 3 heteroatoms. The second-order valence-corrected chi connectivity index (χ2v) is 7.62. The Morgan fingerprint density at radius 1 is 1.10 bits per heavy atom. The third-order valence-electron chi connectivity index (χ3n) is 4.10. The molecule has 2 aromatic rings. The molecule has 1 unspecified atom stereocenters. The Morgan fingerprint density at radius 3 is 2.29 bits per heavy atom. The summed E-state index contributed by atoms with van der Waals surface area (Å²) in [6.07, 6.45) is 1.11. The van der Waals surface area contributed by atoms with Crippen LogP contribution < -0.4 is 0 Å². The largest absolute Gasteiger partial charge is 0.113 e. The van der Waals surface area contributed by atoms with Gasteiger partial charge in [0.25, 0.3) is 0 Å². The molecule has 0 aromatic heterocycles. The SMILES string of the molecule is CCC(C)(C)c1ccc(C(Cl)c2cc(Cl)ccc2Br)cc1. The molecular formula is C18H19BrCl2. The molecule has 0 spiro atoms. The van der Waals surface area contributed by atoms with Crippen molar-refractivity contribution in [3.8, 4) is 0 Å². The van der Waals surface area contributed by atoms with Crippen LogP contribution in [-0.4, -0.2) is 0 Å².